The molecule has 26 heavy (non-hydrogen) atoms. The van der Waals surface area contributed by atoms with Crippen LogP contribution in [0.5, 0.6) is 0 Å². The predicted molar refractivity (Wildman–Crippen MR) is 99.2 cm³/mol. The minimum absolute atomic E-state index is 0.0640. The molecule has 3 amide bonds. The maximum absolute atomic E-state index is 12.3. The fourth-order valence-corrected chi connectivity index (χ4v) is 3.10. The van der Waals surface area contributed by atoms with Crippen LogP contribution in [-0.4, -0.2) is 35.7 Å². The second kappa shape index (κ2) is 8.15. The summed E-state index contributed by atoms with van der Waals surface area (Å²) in [7, 11) is 0. The van der Waals surface area contributed by atoms with E-state index < -0.39 is 5.91 Å². The topological polar surface area (TPSA) is 66.5 Å². The zero-order valence-corrected chi connectivity index (χ0v) is 15.0. The molecule has 1 aliphatic heterocycles. The van der Waals surface area contributed by atoms with E-state index in [-0.39, 0.29) is 24.8 Å². The summed E-state index contributed by atoms with van der Waals surface area (Å²) in [4.78, 5) is 37.7. The lowest BCUT2D eigenvalue weighted by Crippen LogP contribution is -2.34. The van der Waals surface area contributed by atoms with Gasteiger partial charge in [0, 0.05) is 24.5 Å². The molecule has 0 bridgehead atoms. The number of hydrogen-bond acceptors (Lipinski definition) is 3. The van der Waals surface area contributed by atoms with Crippen molar-refractivity contribution in [2.75, 3.05) is 13.1 Å². The highest BCUT2D eigenvalue weighted by Crippen LogP contribution is 2.25. The minimum Gasteiger partial charge on any atom is -0.356 e. The van der Waals surface area contributed by atoms with Crippen LogP contribution in [0.3, 0.4) is 0 Å². The van der Waals surface area contributed by atoms with E-state index in [9.17, 15) is 14.4 Å². The summed E-state index contributed by atoms with van der Waals surface area (Å²) in [5, 5.41) is 3.23. The molecule has 2 aromatic rings. The number of amides is 3. The molecule has 0 aliphatic carbocycles. The van der Waals surface area contributed by atoms with Gasteiger partial charge in [0.05, 0.1) is 11.1 Å². The van der Waals surface area contributed by atoms with Gasteiger partial charge in [-0.1, -0.05) is 41.9 Å². The Morgan fingerprint density at radius 2 is 1.73 bits per heavy atom. The van der Waals surface area contributed by atoms with Gasteiger partial charge < -0.3 is 5.32 Å². The molecule has 134 valence electrons. The van der Waals surface area contributed by atoms with Crippen LogP contribution in [0, 0.1) is 0 Å². The number of carbonyl (C=O) groups is 3. The normalized spacial score (nSPS) is 13.0. The lowest BCUT2D eigenvalue weighted by molar-refractivity contribution is -0.121. The molecule has 0 aromatic heterocycles. The number of fused-ring (bicyclic) bond motifs is 1. The van der Waals surface area contributed by atoms with Gasteiger partial charge in [-0.3, -0.25) is 19.3 Å². The van der Waals surface area contributed by atoms with Crippen LogP contribution in [0.1, 0.15) is 39.1 Å². The van der Waals surface area contributed by atoms with Crippen LogP contribution in [0.15, 0.2) is 48.5 Å². The Labute approximate surface area is 156 Å². The first-order chi connectivity index (χ1) is 12.6. The summed E-state index contributed by atoms with van der Waals surface area (Å²) in [5.74, 6) is -0.949. The number of nitrogens with zero attached hydrogens (tertiary/aromatic N) is 1. The number of halogens is 1. The molecule has 0 radical (unpaired) electrons. The smallest absolute Gasteiger partial charge is 0.261 e. The van der Waals surface area contributed by atoms with Crippen molar-refractivity contribution >= 4 is 29.3 Å². The van der Waals surface area contributed by atoms with Gasteiger partial charge in [0.2, 0.25) is 5.91 Å². The third-order valence-corrected chi connectivity index (χ3v) is 4.54. The van der Waals surface area contributed by atoms with Crippen LogP contribution in [0.25, 0.3) is 0 Å². The third-order valence-electron chi connectivity index (χ3n) is 4.30. The van der Waals surface area contributed by atoms with Gasteiger partial charge in [-0.25, -0.2) is 0 Å². The number of imide groups is 1. The highest BCUT2D eigenvalue weighted by Gasteiger charge is 2.35. The Hall–Kier alpha value is -2.66. The molecule has 0 spiro atoms. The summed E-state index contributed by atoms with van der Waals surface area (Å²) >= 11 is 5.88. The Morgan fingerprint density at radius 3 is 2.50 bits per heavy atom. The maximum atomic E-state index is 12.3. The average molecular weight is 371 g/mol. The molecule has 0 saturated carbocycles. The molecule has 1 heterocycles. The second-order valence-electron chi connectivity index (χ2n) is 6.14. The van der Waals surface area contributed by atoms with E-state index in [2.05, 4.69) is 17.4 Å². The quantitative estimate of drug-likeness (QED) is 0.601. The third kappa shape index (κ3) is 4.11. The number of aryl methyl sites for hydroxylation is 1. The fourth-order valence-electron chi connectivity index (χ4n) is 2.93. The van der Waals surface area contributed by atoms with Gasteiger partial charge in [-0.15, -0.1) is 0 Å². The van der Waals surface area contributed by atoms with Crippen molar-refractivity contribution in [1.29, 1.82) is 0 Å². The molecule has 0 atom stereocenters. The highest BCUT2D eigenvalue weighted by atomic mass is 35.5. The van der Waals surface area contributed by atoms with E-state index in [1.54, 1.807) is 12.1 Å². The van der Waals surface area contributed by atoms with Crippen LogP contribution >= 0.6 is 11.6 Å². The average Bonchev–Trinajstić information content (AvgIpc) is 2.88. The van der Waals surface area contributed by atoms with E-state index >= 15 is 0 Å². The van der Waals surface area contributed by atoms with Gasteiger partial charge in [-0.05, 0) is 36.6 Å². The minimum atomic E-state index is -0.399. The first-order valence-corrected chi connectivity index (χ1v) is 8.90. The van der Waals surface area contributed by atoms with Gasteiger partial charge in [-0.2, -0.15) is 0 Å². The summed E-state index contributed by atoms with van der Waals surface area (Å²) in [6, 6.07) is 14.7. The van der Waals surface area contributed by atoms with Crippen molar-refractivity contribution in [3.8, 4) is 0 Å². The van der Waals surface area contributed by atoms with Crippen molar-refractivity contribution < 1.29 is 14.4 Å². The van der Waals surface area contributed by atoms with Crippen LogP contribution in [0.4, 0.5) is 0 Å². The van der Waals surface area contributed by atoms with Crippen LogP contribution in [0.2, 0.25) is 5.02 Å². The maximum Gasteiger partial charge on any atom is 0.261 e. The fraction of sp³-hybridized carbons (Fsp3) is 0.250. The van der Waals surface area contributed by atoms with Gasteiger partial charge in [0.1, 0.15) is 0 Å². The van der Waals surface area contributed by atoms with E-state index in [4.69, 9.17) is 11.6 Å². The zero-order chi connectivity index (χ0) is 18.5. The lowest BCUT2D eigenvalue weighted by atomic mass is 10.1. The summed E-state index contributed by atoms with van der Waals surface area (Å²) in [5.41, 5.74) is 1.86. The van der Waals surface area contributed by atoms with Crippen molar-refractivity contribution in [1.82, 2.24) is 10.2 Å². The summed E-state index contributed by atoms with van der Waals surface area (Å²) in [6.45, 7) is 0.625. The molecule has 0 fully saturated rings. The second-order valence-corrected chi connectivity index (χ2v) is 6.58. The Bertz CT molecular complexity index is 836. The van der Waals surface area contributed by atoms with Crippen molar-refractivity contribution in [2.24, 2.45) is 0 Å². The van der Waals surface area contributed by atoms with E-state index in [0.717, 1.165) is 17.7 Å². The number of carbonyl (C=O) groups excluding carboxylic acids is 3. The molecule has 0 saturated heterocycles. The highest BCUT2D eigenvalue weighted by molar-refractivity contribution is 6.32. The summed E-state index contributed by atoms with van der Waals surface area (Å²) < 4.78 is 0. The Morgan fingerprint density at radius 1 is 1.00 bits per heavy atom. The molecule has 6 heteroatoms. The Kier molecular flexibility index (Phi) is 5.68. The molecule has 0 unspecified atom stereocenters. The van der Waals surface area contributed by atoms with E-state index in [1.165, 1.54) is 11.6 Å². The monoisotopic (exact) mass is 370 g/mol. The predicted octanol–water partition coefficient (Wildman–Crippen LogP) is 3.08. The largest absolute Gasteiger partial charge is 0.356 e. The summed E-state index contributed by atoms with van der Waals surface area (Å²) in [6.07, 6.45) is 1.81. The number of hydrogen-bond donors (Lipinski definition) is 1. The van der Waals surface area contributed by atoms with Crippen LogP contribution in [-0.2, 0) is 11.2 Å². The van der Waals surface area contributed by atoms with Gasteiger partial charge >= 0.3 is 0 Å². The molecular formula is C20H19ClN2O3. The first-order valence-electron chi connectivity index (χ1n) is 8.52. The first kappa shape index (κ1) is 18.1. The van der Waals surface area contributed by atoms with E-state index in [0.29, 0.717) is 22.7 Å². The van der Waals surface area contributed by atoms with Gasteiger partial charge in [0.15, 0.2) is 0 Å². The molecule has 1 aliphatic rings. The molecule has 2 aromatic carbocycles. The zero-order valence-electron chi connectivity index (χ0n) is 14.2. The van der Waals surface area contributed by atoms with Crippen molar-refractivity contribution in [3.63, 3.8) is 0 Å². The molecule has 5 nitrogen and oxygen atoms in total. The van der Waals surface area contributed by atoms with Gasteiger partial charge in [0.25, 0.3) is 11.8 Å². The van der Waals surface area contributed by atoms with Crippen LogP contribution < -0.4 is 5.32 Å². The lowest BCUT2D eigenvalue weighted by Gasteiger charge is -2.13. The molecular weight excluding hydrogens is 352 g/mol. The molecule has 1 N–H and O–H groups in total. The van der Waals surface area contributed by atoms with E-state index in [1.807, 2.05) is 18.2 Å². The number of benzene rings is 2. The SMILES string of the molecule is O=C(CCN1C(=O)c2ccc(Cl)cc2C1=O)NCCCc1ccccc1. The number of nitrogens with one attached hydrogen (secondary N) is 1. The number of rotatable bonds is 7. The van der Waals surface area contributed by atoms with Crippen molar-refractivity contribution in [2.45, 2.75) is 19.3 Å². The van der Waals surface area contributed by atoms with Crippen molar-refractivity contribution in [3.05, 3.63) is 70.2 Å². The Balaban J connectivity index is 1.43. The standard InChI is InChI=1S/C20H19ClN2O3/c21-15-8-9-16-17(13-15)20(26)23(19(16)25)12-10-18(24)22-11-4-7-14-5-2-1-3-6-14/h1-3,5-6,8-9,13H,4,7,10-12H2,(H,22,24). The molecule has 3 rings (SSSR count).